The largest absolute Gasteiger partial charge is 0.493 e. The van der Waals surface area contributed by atoms with Crippen LogP contribution in [0, 0.1) is 6.92 Å². The third-order valence-corrected chi connectivity index (χ3v) is 3.26. The van der Waals surface area contributed by atoms with E-state index in [4.69, 9.17) is 19.9 Å². The van der Waals surface area contributed by atoms with Crippen molar-refractivity contribution in [3.63, 3.8) is 0 Å². The van der Waals surface area contributed by atoms with Crippen LogP contribution in [0.4, 0.5) is 0 Å². The highest BCUT2D eigenvalue weighted by molar-refractivity contribution is 5.43. The molecule has 118 valence electrons. The van der Waals surface area contributed by atoms with Gasteiger partial charge in [0.1, 0.15) is 19.0 Å². The summed E-state index contributed by atoms with van der Waals surface area (Å²) in [7, 11) is 1.64. The average Bonchev–Trinajstić information content (AvgIpc) is 2.53. The third kappa shape index (κ3) is 4.67. The Morgan fingerprint density at radius 2 is 1.77 bits per heavy atom. The Bertz CT molecular complexity index is 599. The average molecular weight is 301 g/mol. The standard InChI is InChI=1S/C18H23NO3/c1-14-4-3-5-16(12-14)21-10-11-22-17-7-6-15(8-9-19)13-18(17)20-2/h3-7,12-13H,8-11,19H2,1-2H3. The SMILES string of the molecule is COc1cc(CCN)ccc1OCCOc1cccc(C)c1. The maximum absolute atomic E-state index is 5.73. The van der Waals surface area contributed by atoms with Crippen molar-refractivity contribution in [2.45, 2.75) is 13.3 Å². The zero-order chi connectivity index (χ0) is 15.8. The molecule has 0 atom stereocenters. The third-order valence-electron chi connectivity index (χ3n) is 3.26. The molecule has 0 fully saturated rings. The normalized spacial score (nSPS) is 10.3. The van der Waals surface area contributed by atoms with Gasteiger partial charge in [0.05, 0.1) is 7.11 Å². The minimum atomic E-state index is 0.459. The summed E-state index contributed by atoms with van der Waals surface area (Å²) in [6.45, 7) is 3.60. The molecule has 0 spiro atoms. The van der Waals surface area contributed by atoms with Gasteiger partial charge >= 0.3 is 0 Å². The van der Waals surface area contributed by atoms with E-state index in [2.05, 4.69) is 0 Å². The number of nitrogens with two attached hydrogens (primary N) is 1. The lowest BCUT2D eigenvalue weighted by atomic mass is 10.1. The van der Waals surface area contributed by atoms with Gasteiger partial charge in [-0.25, -0.2) is 0 Å². The van der Waals surface area contributed by atoms with Crippen LogP contribution in [0.1, 0.15) is 11.1 Å². The predicted octanol–water partition coefficient (Wildman–Crippen LogP) is 2.96. The molecule has 0 saturated heterocycles. The second-order valence-electron chi connectivity index (χ2n) is 5.04. The predicted molar refractivity (Wildman–Crippen MR) is 87.9 cm³/mol. The molecule has 2 rings (SSSR count). The van der Waals surface area contributed by atoms with E-state index in [0.29, 0.717) is 19.8 Å². The van der Waals surface area contributed by atoms with Crippen LogP contribution in [0.25, 0.3) is 0 Å². The van der Waals surface area contributed by atoms with E-state index in [-0.39, 0.29) is 0 Å². The van der Waals surface area contributed by atoms with E-state index in [0.717, 1.165) is 29.2 Å². The number of ether oxygens (including phenoxy) is 3. The zero-order valence-corrected chi connectivity index (χ0v) is 13.2. The molecule has 0 saturated carbocycles. The molecule has 0 aromatic heterocycles. The van der Waals surface area contributed by atoms with Crippen LogP contribution in [0.2, 0.25) is 0 Å². The Balaban J connectivity index is 1.86. The highest BCUT2D eigenvalue weighted by Gasteiger charge is 2.05. The van der Waals surface area contributed by atoms with E-state index in [1.807, 2.05) is 49.4 Å². The van der Waals surface area contributed by atoms with Gasteiger partial charge in [0.2, 0.25) is 0 Å². The highest BCUT2D eigenvalue weighted by atomic mass is 16.5. The van der Waals surface area contributed by atoms with Crippen LogP contribution in [0.3, 0.4) is 0 Å². The minimum Gasteiger partial charge on any atom is -0.493 e. The molecule has 0 aliphatic carbocycles. The van der Waals surface area contributed by atoms with Crippen molar-refractivity contribution in [3.05, 3.63) is 53.6 Å². The van der Waals surface area contributed by atoms with Crippen molar-refractivity contribution in [1.82, 2.24) is 0 Å². The van der Waals surface area contributed by atoms with Crippen molar-refractivity contribution in [3.8, 4) is 17.2 Å². The molecule has 2 aromatic rings. The summed E-state index contributed by atoms with van der Waals surface area (Å²) in [6, 6.07) is 13.8. The molecule has 4 heteroatoms. The van der Waals surface area contributed by atoms with Crippen LogP contribution in [0.15, 0.2) is 42.5 Å². The molecule has 0 aliphatic heterocycles. The molecule has 0 bridgehead atoms. The van der Waals surface area contributed by atoms with Gasteiger partial charge in [-0.1, -0.05) is 18.2 Å². The summed E-state index contributed by atoms with van der Waals surface area (Å²) in [5.41, 5.74) is 7.88. The summed E-state index contributed by atoms with van der Waals surface area (Å²) in [5.74, 6) is 2.30. The Morgan fingerprint density at radius 1 is 0.955 bits per heavy atom. The first kappa shape index (κ1) is 16.2. The monoisotopic (exact) mass is 301 g/mol. The fraction of sp³-hybridized carbons (Fsp3) is 0.333. The van der Waals surface area contributed by atoms with Gasteiger partial charge < -0.3 is 19.9 Å². The summed E-state index contributed by atoms with van der Waals surface area (Å²) in [4.78, 5) is 0. The Hall–Kier alpha value is -2.20. The number of hydrogen-bond donors (Lipinski definition) is 1. The molecule has 0 heterocycles. The fourth-order valence-electron chi connectivity index (χ4n) is 2.17. The first-order valence-corrected chi connectivity index (χ1v) is 7.42. The van der Waals surface area contributed by atoms with E-state index in [1.54, 1.807) is 7.11 Å². The van der Waals surface area contributed by atoms with E-state index >= 15 is 0 Å². The molecule has 0 amide bonds. The first-order chi connectivity index (χ1) is 10.7. The van der Waals surface area contributed by atoms with E-state index in [1.165, 1.54) is 5.56 Å². The minimum absolute atomic E-state index is 0.459. The number of methoxy groups -OCH3 is 1. The fourth-order valence-corrected chi connectivity index (χ4v) is 2.17. The van der Waals surface area contributed by atoms with Gasteiger partial charge in [-0.05, 0) is 55.3 Å². The number of aryl methyl sites for hydroxylation is 1. The van der Waals surface area contributed by atoms with Crippen molar-refractivity contribution in [2.24, 2.45) is 5.73 Å². The van der Waals surface area contributed by atoms with Crippen LogP contribution >= 0.6 is 0 Å². The highest BCUT2D eigenvalue weighted by Crippen LogP contribution is 2.28. The Morgan fingerprint density at radius 3 is 2.50 bits per heavy atom. The second kappa shape index (κ2) is 8.29. The summed E-state index contributed by atoms with van der Waals surface area (Å²) in [6.07, 6.45) is 0.826. The molecule has 2 aromatic carbocycles. The summed E-state index contributed by atoms with van der Waals surface area (Å²) < 4.78 is 16.8. The molecule has 0 radical (unpaired) electrons. The van der Waals surface area contributed by atoms with E-state index in [9.17, 15) is 0 Å². The van der Waals surface area contributed by atoms with Gasteiger partial charge in [-0.15, -0.1) is 0 Å². The Labute approximate surface area is 131 Å². The number of benzene rings is 2. The lowest BCUT2D eigenvalue weighted by Crippen LogP contribution is -2.10. The van der Waals surface area contributed by atoms with Crippen LogP contribution in [-0.2, 0) is 6.42 Å². The van der Waals surface area contributed by atoms with Crippen LogP contribution in [-0.4, -0.2) is 26.9 Å². The topological polar surface area (TPSA) is 53.7 Å². The van der Waals surface area contributed by atoms with Gasteiger partial charge in [0.15, 0.2) is 11.5 Å². The summed E-state index contributed by atoms with van der Waals surface area (Å²) >= 11 is 0. The molecule has 4 nitrogen and oxygen atoms in total. The molecular formula is C18H23NO3. The second-order valence-corrected chi connectivity index (χ2v) is 5.04. The van der Waals surface area contributed by atoms with Gasteiger partial charge in [0, 0.05) is 0 Å². The van der Waals surface area contributed by atoms with Crippen molar-refractivity contribution >= 4 is 0 Å². The Kier molecular flexibility index (Phi) is 6.10. The lowest BCUT2D eigenvalue weighted by molar-refractivity contribution is 0.211. The van der Waals surface area contributed by atoms with Gasteiger partial charge in [-0.2, -0.15) is 0 Å². The molecule has 0 unspecified atom stereocenters. The quantitative estimate of drug-likeness (QED) is 0.762. The van der Waals surface area contributed by atoms with Crippen molar-refractivity contribution in [1.29, 1.82) is 0 Å². The zero-order valence-electron chi connectivity index (χ0n) is 13.2. The smallest absolute Gasteiger partial charge is 0.161 e. The van der Waals surface area contributed by atoms with Crippen molar-refractivity contribution in [2.75, 3.05) is 26.9 Å². The number of hydrogen-bond acceptors (Lipinski definition) is 4. The first-order valence-electron chi connectivity index (χ1n) is 7.42. The maximum atomic E-state index is 5.73. The van der Waals surface area contributed by atoms with Crippen LogP contribution in [0.5, 0.6) is 17.2 Å². The molecule has 0 aliphatic rings. The van der Waals surface area contributed by atoms with Gasteiger partial charge in [-0.3, -0.25) is 0 Å². The lowest BCUT2D eigenvalue weighted by Gasteiger charge is -2.13. The molecule has 2 N–H and O–H groups in total. The van der Waals surface area contributed by atoms with Crippen molar-refractivity contribution < 1.29 is 14.2 Å². The van der Waals surface area contributed by atoms with E-state index < -0.39 is 0 Å². The van der Waals surface area contributed by atoms with Gasteiger partial charge in [0.25, 0.3) is 0 Å². The maximum Gasteiger partial charge on any atom is 0.161 e. The molecular weight excluding hydrogens is 278 g/mol. The number of rotatable bonds is 8. The summed E-state index contributed by atoms with van der Waals surface area (Å²) in [5, 5.41) is 0. The van der Waals surface area contributed by atoms with Crippen LogP contribution < -0.4 is 19.9 Å². The molecule has 22 heavy (non-hydrogen) atoms.